The third kappa shape index (κ3) is 7.63. The van der Waals surface area contributed by atoms with Gasteiger partial charge in [-0.1, -0.05) is 0 Å². The van der Waals surface area contributed by atoms with E-state index in [9.17, 15) is 13.2 Å². The number of carbonyl (C=O) groups is 1. The third-order valence-electron chi connectivity index (χ3n) is 1.42. The van der Waals surface area contributed by atoms with Gasteiger partial charge in [-0.3, -0.25) is 4.68 Å². The number of nitrogens with two attached hydrogens (primary N) is 2. The minimum Gasteiger partial charge on any atom is -0.444 e. The van der Waals surface area contributed by atoms with Crippen molar-refractivity contribution in [1.29, 1.82) is 0 Å². The van der Waals surface area contributed by atoms with Gasteiger partial charge in [0.05, 0.1) is 6.20 Å². The van der Waals surface area contributed by atoms with E-state index in [0.717, 1.165) is 0 Å². The normalized spacial score (nSPS) is 11.4. The Bertz CT molecular complexity index is 501. The van der Waals surface area contributed by atoms with Gasteiger partial charge in [-0.2, -0.15) is 5.10 Å². The summed E-state index contributed by atoms with van der Waals surface area (Å²) in [5, 5.41) is 8.43. The van der Waals surface area contributed by atoms with Crippen LogP contribution in [-0.2, 0) is 21.8 Å². The van der Waals surface area contributed by atoms with Crippen LogP contribution in [0.15, 0.2) is 17.3 Å². The minimum atomic E-state index is -3.57. The van der Waals surface area contributed by atoms with Gasteiger partial charge in [-0.15, -0.1) is 0 Å². The molecule has 0 bridgehead atoms. The van der Waals surface area contributed by atoms with Crippen molar-refractivity contribution in [2.45, 2.75) is 31.3 Å². The number of rotatable bonds is 1. The lowest BCUT2D eigenvalue weighted by Gasteiger charge is -2.16. The van der Waals surface area contributed by atoms with Crippen molar-refractivity contribution >= 4 is 16.1 Å². The summed E-state index contributed by atoms with van der Waals surface area (Å²) in [5.41, 5.74) is 4.26. The molecule has 18 heavy (non-hydrogen) atoms. The van der Waals surface area contributed by atoms with E-state index in [0.29, 0.717) is 0 Å². The molecule has 1 amide bonds. The summed E-state index contributed by atoms with van der Waals surface area (Å²) in [6.45, 7) is 5.28. The fourth-order valence-electron chi connectivity index (χ4n) is 0.847. The Morgan fingerprint density at radius 1 is 1.44 bits per heavy atom. The van der Waals surface area contributed by atoms with Crippen LogP contribution in [0.3, 0.4) is 0 Å². The molecule has 0 atom stereocenters. The average molecular weight is 278 g/mol. The van der Waals surface area contributed by atoms with Gasteiger partial charge in [0.1, 0.15) is 10.5 Å². The molecule has 0 aromatic carbocycles. The molecule has 1 aromatic heterocycles. The highest BCUT2D eigenvalue weighted by Crippen LogP contribution is 2.04. The Hall–Kier alpha value is -1.61. The first kappa shape index (κ1) is 16.4. The van der Waals surface area contributed by atoms with Crippen LogP contribution in [0.4, 0.5) is 4.79 Å². The SMILES string of the molecule is CC(C)(C)OC(N)=O.Cn1cc(S(N)(=O)=O)cn1. The number of aromatic nitrogens is 2. The summed E-state index contributed by atoms with van der Waals surface area (Å²) in [6.07, 6.45) is 1.82. The van der Waals surface area contributed by atoms with Gasteiger partial charge in [0.25, 0.3) is 0 Å². The number of nitrogens with zero attached hydrogens (tertiary/aromatic N) is 2. The van der Waals surface area contributed by atoms with Gasteiger partial charge in [0.2, 0.25) is 10.0 Å². The van der Waals surface area contributed by atoms with Gasteiger partial charge >= 0.3 is 6.09 Å². The van der Waals surface area contributed by atoms with E-state index in [1.54, 1.807) is 27.8 Å². The summed E-state index contributed by atoms with van der Waals surface area (Å²) in [5.74, 6) is 0. The van der Waals surface area contributed by atoms with Gasteiger partial charge in [-0.05, 0) is 20.8 Å². The molecular formula is C9H18N4O4S. The van der Waals surface area contributed by atoms with Crippen molar-refractivity contribution in [3.8, 4) is 0 Å². The lowest BCUT2D eigenvalue weighted by molar-refractivity contribution is 0.0600. The van der Waals surface area contributed by atoms with E-state index < -0.39 is 21.7 Å². The number of sulfonamides is 1. The predicted octanol–water partition coefficient (Wildman–Crippen LogP) is -0.0523. The summed E-state index contributed by atoms with van der Waals surface area (Å²) in [4.78, 5) is 10.1. The largest absolute Gasteiger partial charge is 0.444 e. The van der Waals surface area contributed by atoms with Crippen molar-refractivity contribution in [3.05, 3.63) is 12.4 Å². The second-order valence-electron chi connectivity index (χ2n) is 4.43. The highest BCUT2D eigenvalue weighted by Gasteiger charge is 2.12. The lowest BCUT2D eigenvalue weighted by atomic mass is 10.2. The van der Waals surface area contributed by atoms with Crippen LogP contribution in [-0.4, -0.2) is 29.9 Å². The fourth-order valence-corrected chi connectivity index (χ4v) is 1.34. The zero-order chi connectivity index (χ0) is 14.6. The van der Waals surface area contributed by atoms with Crippen molar-refractivity contribution < 1.29 is 17.9 Å². The molecular weight excluding hydrogens is 260 g/mol. The van der Waals surface area contributed by atoms with Crippen LogP contribution in [0.5, 0.6) is 0 Å². The number of ether oxygens (including phenoxy) is 1. The Morgan fingerprint density at radius 3 is 2.06 bits per heavy atom. The third-order valence-corrected chi connectivity index (χ3v) is 2.28. The standard InChI is InChI=1S/C5H11NO2.C4H7N3O2S/c1-5(2,3)8-4(6)7;1-7-3-4(2-6-7)10(5,8)9/h1-3H3,(H2,6,7);2-3H,1H3,(H2,5,8,9). The van der Waals surface area contributed by atoms with Crippen molar-refractivity contribution in [2.75, 3.05) is 0 Å². The Labute approximate surface area is 106 Å². The summed E-state index contributed by atoms with van der Waals surface area (Å²) in [6, 6.07) is 0. The van der Waals surface area contributed by atoms with Crippen LogP contribution >= 0.6 is 0 Å². The molecule has 8 nitrogen and oxygen atoms in total. The quantitative estimate of drug-likeness (QED) is 0.743. The summed E-state index contributed by atoms with van der Waals surface area (Å²) in [7, 11) is -1.95. The first-order valence-corrected chi connectivity index (χ1v) is 6.46. The maximum atomic E-state index is 10.6. The van der Waals surface area contributed by atoms with Crippen LogP contribution in [0.2, 0.25) is 0 Å². The molecule has 0 fully saturated rings. The number of hydrogen-bond donors (Lipinski definition) is 2. The zero-order valence-corrected chi connectivity index (χ0v) is 11.6. The molecule has 4 N–H and O–H groups in total. The molecule has 0 aliphatic heterocycles. The van der Waals surface area contributed by atoms with Gasteiger partial charge in [-0.25, -0.2) is 18.4 Å². The molecule has 0 spiro atoms. The molecule has 0 saturated carbocycles. The molecule has 1 rings (SSSR count). The number of amides is 1. The lowest BCUT2D eigenvalue weighted by Crippen LogP contribution is -2.27. The van der Waals surface area contributed by atoms with E-state index in [-0.39, 0.29) is 4.90 Å². The average Bonchev–Trinajstić information content (AvgIpc) is 2.46. The van der Waals surface area contributed by atoms with Crippen molar-refractivity contribution in [3.63, 3.8) is 0 Å². The molecule has 0 saturated heterocycles. The van der Waals surface area contributed by atoms with Gasteiger partial charge in [0, 0.05) is 13.2 Å². The van der Waals surface area contributed by atoms with Crippen LogP contribution in [0.25, 0.3) is 0 Å². The summed E-state index contributed by atoms with van der Waals surface area (Å²) >= 11 is 0. The number of aryl methyl sites for hydroxylation is 1. The first-order chi connectivity index (χ1) is 7.92. The van der Waals surface area contributed by atoms with Gasteiger partial charge in [0.15, 0.2) is 0 Å². The molecule has 1 aromatic rings. The number of primary sulfonamides is 1. The maximum absolute atomic E-state index is 10.6. The topological polar surface area (TPSA) is 130 Å². The van der Waals surface area contributed by atoms with Crippen molar-refractivity contribution in [1.82, 2.24) is 9.78 Å². The monoisotopic (exact) mass is 278 g/mol. The maximum Gasteiger partial charge on any atom is 0.405 e. The number of carbonyl (C=O) groups excluding carboxylic acids is 1. The Kier molecular flexibility index (Phi) is 5.30. The molecule has 0 radical (unpaired) electrons. The second kappa shape index (κ2) is 5.83. The predicted molar refractivity (Wildman–Crippen MR) is 65.0 cm³/mol. The smallest absolute Gasteiger partial charge is 0.405 e. The molecule has 9 heteroatoms. The van der Waals surface area contributed by atoms with E-state index >= 15 is 0 Å². The van der Waals surface area contributed by atoms with E-state index in [1.807, 2.05) is 0 Å². The molecule has 1 heterocycles. The van der Waals surface area contributed by atoms with Gasteiger partial charge < -0.3 is 10.5 Å². The van der Waals surface area contributed by atoms with Crippen LogP contribution in [0.1, 0.15) is 20.8 Å². The minimum absolute atomic E-state index is 0.0370. The first-order valence-electron chi connectivity index (χ1n) is 4.92. The molecule has 0 aliphatic carbocycles. The molecule has 104 valence electrons. The highest BCUT2D eigenvalue weighted by molar-refractivity contribution is 7.89. The van der Waals surface area contributed by atoms with E-state index in [2.05, 4.69) is 9.84 Å². The number of primary amides is 1. The molecule has 0 aliphatic rings. The highest BCUT2D eigenvalue weighted by atomic mass is 32.2. The van der Waals surface area contributed by atoms with Crippen LogP contribution in [0, 0.1) is 0 Å². The Morgan fingerprint density at radius 2 is 1.94 bits per heavy atom. The van der Waals surface area contributed by atoms with Crippen molar-refractivity contribution in [2.24, 2.45) is 17.9 Å². The molecule has 0 unspecified atom stereocenters. The van der Waals surface area contributed by atoms with E-state index in [4.69, 9.17) is 10.9 Å². The Balaban J connectivity index is 0.000000331. The summed E-state index contributed by atoms with van der Waals surface area (Å²) < 4.78 is 27.1. The second-order valence-corrected chi connectivity index (χ2v) is 5.99. The van der Waals surface area contributed by atoms with E-state index in [1.165, 1.54) is 17.1 Å². The zero-order valence-electron chi connectivity index (χ0n) is 10.7. The fraction of sp³-hybridized carbons (Fsp3) is 0.556. The number of hydrogen-bond acceptors (Lipinski definition) is 5. The van der Waals surface area contributed by atoms with Crippen LogP contribution < -0.4 is 10.9 Å².